The first kappa shape index (κ1) is 30.7. The van der Waals surface area contributed by atoms with E-state index < -0.39 is 0 Å². The Morgan fingerprint density at radius 3 is 1.74 bits per heavy atom. The molecule has 9 heteroatoms. The third-order valence-electron chi connectivity index (χ3n) is 6.63. The van der Waals surface area contributed by atoms with E-state index in [0.29, 0.717) is 5.48 Å². The quantitative estimate of drug-likeness (QED) is 0.328. The second-order valence-electron chi connectivity index (χ2n) is 8.41. The Kier molecular flexibility index (Phi) is 11.6. The van der Waals surface area contributed by atoms with E-state index in [2.05, 4.69) is 112 Å². The molecule has 0 unspecified atom stereocenters. The summed E-state index contributed by atoms with van der Waals surface area (Å²) in [4.78, 5) is 26.6. The Morgan fingerprint density at radius 2 is 1.23 bits per heavy atom. The van der Waals surface area contributed by atoms with Gasteiger partial charge >= 0.3 is 64.9 Å². The van der Waals surface area contributed by atoms with Gasteiger partial charge in [0.05, 0.1) is 0 Å². The minimum atomic E-state index is -0.342. The summed E-state index contributed by atoms with van der Waals surface area (Å²) >= 11 is 7.39. The summed E-state index contributed by atoms with van der Waals surface area (Å²) in [5.41, 5.74) is 9.13. The van der Waals surface area contributed by atoms with Crippen LogP contribution in [0.5, 0.6) is 0 Å². The van der Waals surface area contributed by atoms with Crippen LogP contribution < -0.4 is 26.7 Å². The molecular weight excluding hydrogens is 818 g/mol. The van der Waals surface area contributed by atoms with Crippen molar-refractivity contribution in [1.29, 1.82) is 0 Å². The Morgan fingerprint density at radius 1 is 0.771 bits per heavy atom. The van der Waals surface area contributed by atoms with E-state index in [0.717, 1.165) is 6.42 Å². The van der Waals surface area contributed by atoms with Gasteiger partial charge in [0.1, 0.15) is 10.7 Å². The number of nitrogens with zero attached hydrogens (tertiary/aromatic N) is 3. The van der Waals surface area contributed by atoms with Crippen molar-refractivity contribution in [2.75, 3.05) is 11.9 Å². The average Bonchev–Trinajstić information content (AvgIpc) is 3.13. The summed E-state index contributed by atoms with van der Waals surface area (Å²) in [5.74, 6) is 0. The third kappa shape index (κ3) is 7.05. The first-order valence-corrected chi connectivity index (χ1v) is 24.4. The predicted molar refractivity (Wildman–Crippen MR) is 172 cm³/mol. The van der Waals surface area contributed by atoms with Crippen molar-refractivity contribution >= 4 is 78.3 Å². The molecule has 0 atom stereocenters. The van der Waals surface area contributed by atoms with Gasteiger partial charge in [-0.2, -0.15) is 0 Å². The monoisotopic (exact) mass is 849 g/mol. The van der Waals surface area contributed by atoms with E-state index in [-0.39, 0.29) is 21.3 Å². The number of benzene rings is 1. The van der Waals surface area contributed by atoms with Gasteiger partial charge in [-0.05, 0) is 67.7 Å². The van der Waals surface area contributed by atoms with Crippen LogP contribution >= 0.6 is 59.9 Å². The van der Waals surface area contributed by atoms with E-state index in [1.54, 1.807) is 26.2 Å². The number of anilines is 1. The van der Waals surface area contributed by atoms with Crippen LogP contribution in [0.4, 0.5) is 5.69 Å². The maximum atomic E-state index is 12.3. The van der Waals surface area contributed by atoms with Crippen molar-refractivity contribution in [3.63, 3.8) is 0 Å². The maximum absolute atomic E-state index is 12.3. The van der Waals surface area contributed by atoms with Crippen LogP contribution in [0.15, 0.2) is 45.7 Å². The topological polar surface area (TPSA) is 47.2 Å². The zero-order valence-electron chi connectivity index (χ0n) is 21.1. The van der Waals surface area contributed by atoms with E-state index in [1.807, 2.05) is 18.2 Å². The summed E-state index contributed by atoms with van der Waals surface area (Å²) in [6, 6.07) is 0. The van der Waals surface area contributed by atoms with Crippen LogP contribution in [-0.4, -0.2) is 16.2 Å². The number of hydrogen-bond donors (Lipinski definition) is 0. The molecule has 0 spiro atoms. The molecule has 0 bridgehead atoms. The molecule has 2 aromatic rings. The second-order valence-corrected chi connectivity index (χ2v) is 43.8. The minimum absolute atomic E-state index is 0.128. The molecule has 1 aromatic carbocycles. The van der Waals surface area contributed by atoms with Crippen molar-refractivity contribution in [3.05, 3.63) is 95.3 Å². The van der Waals surface area contributed by atoms with E-state index >= 15 is 0 Å². The van der Waals surface area contributed by atoms with Gasteiger partial charge in [-0.3, -0.25) is 18.7 Å². The van der Waals surface area contributed by atoms with Gasteiger partial charge in [0.15, 0.2) is 0 Å². The van der Waals surface area contributed by atoms with Crippen molar-refractivity contribution in [2.24, 2.45) is 14.1 Å². The molecule has 1 aromatic heterocycles. The fourth-order valence-electron chi connectivity index (χ4n) is 4.16. The fraction of sp³-hybridized carbons (Fsp3) is 0.308. The summed E-state index contributed by atoms with van der Waals surface area (Å²) in [6.07, 6.45) is 12.0. The molecule has 0 fully saturated rings. The Labute approximate surface area is 245 Å². The summed E-state index contributed by atoms with van der Waals surface area (Å²) in [6.45, 7) is 12.6. The number of aromatic nitrogens is 2. The molecule has 0 saturated heterocycles. The van der Waals surface area contributed by atoms with Crippen molar-refractivity contribution < 1.29 is 4.92 Å². The molecule has 35 heavy (non-hydrogen) atoms. The molecule has 0 radical (unpaired) electrons. The molecule has 1 aliphatic rings. The fourth-order valence-corrected chi connectivity index (χ4v) is 4.16. The zero-order chi connectivity index (χ0) is 26.6. The third-order valence-corrected chi connectivity index (χ3v) is 6.63. The average molecular weight is 849 g/mol. The molecular formula is C26H31I3N3O2V. The van der Waals surface area contributed by atoms with Crippen molar-refractivity contribution in [1.82, 2.24) is 9.13 Å². The standard InChI is InChI=1S/C26H31N3O2.3HI.V/c1-16-17(2)19(4)24-23(18(16)3)15-21(29(24)8)13-11-9-10-12-14-22-25(30)27(6)20(5)28(7)26(22)31;;;;/h9-14H,5,15H2,1-4,6-8H3;3*1H;/q;;;;+3/p-3. The molecule has 2 heterocycles. The van der Waals surface area contributed by atoms with E-state index in [1.165, 1.54) is 48.3 Å². The SMILES string of the molecule is C=c1n(C)c(=O)c(=CC=CC=CC=C2Cc3c(C)c(C)c(C)c(C)c3N2C)c(=O)n1C.[I][V]([I])[I]. The summed E-state index contributed by atoms with van der Waals surface area (Å²) in [5, 5.41) is 0.128. The van der Waals surface area contributed by atoms with Gasteiger partial charge in [0.25, 0.3) is 11.1 Å². The second kappa shape index (κ2) is 13.3. The number of likely N-dealkylation sites (N-methyl/N-ethyl adjacent to an activating group) is 1. The Hall–Kier alpha value is -0.566. The van der Waals surface area contributed by atoms with Crippen molar-refractivity contribution in [3.8, 4) is 0 Å². The van der Waals surface area contributed by atoms with Gasteiger partial charge in [0, 0.05) is 38.9 Å². The molecule has 0 aliphatic carbocycles. The van der Waals surface area contributed by atoms with Crippen LogP contribution in [0.25, 0.3) is 12.7 Å². The Balaban J connectivity index is 0.00000100. The first-order valence-electron chi connectivity index (χ1n) is 10.9. The van der Waals surface area contributed by atoms with Gasteiger partial charge in [0.2, 0.25) is 0 Å². The number of rotatable bonds is 3. The normalized spacial score (nSPS) is 14.3. The zero-order valence-corrected chi connectivity index (χ0v) is 29.0. The van der Waals surface area contributed by atoms with Gasteiger partial charge < -0.3 is 4.90 Å². The van der Waals surface area contributed by atoms with Gasteiger partial charge in [-0.25, -0.2) is 0 Å². The van der Waals surface area contributed by atoms with E-state index in [9.17, 15) is 9.59 Å². The first-order chi connectivity index (χ1) is 16.3. The predicted octanol–water partition coefficient (Wildman–Crippen LogP) is 4.85. The van der Waals surface area contributed by atoms with Crippen LogP contribution in [0.1, 0.15) is 27.8 Å². The summed E-state index contributed by atoms with van der Waals surface area (Å²) in [7, 11) is 5.34. The molecule has 0 N–H and O–H groups in total. The number of allylic oxidation sites excluding steroid dienone is 6. The van der Waals surface area contributed by atoms with Gasteiger partial charge in [-0.1, -0.05) is 30.9 Å². The van der Waals surface area contributed by atoms with Gasteiger partial charge in [-0.15, -0.1) is 0 Å². The van der Waals surface area contributed by atoms with Crippen LogP contribution in [0, 0.1) is 27.7 Å². The van der Waals surface area contributed by atoms with Crippen LogP contribution in [-0.2, 0) is 25.4 Å². The molecule has 0 amide bonds. The molecule has 1 aliphatic heterocycles. The molecule has 3 rings (SSSR count). The van der Waals surface area contributed by atoms with E-state index in [4.69, 9.17) is 0 Å². The van der Waals surface area contributed by atoms with Crippen LogP contribution in [0.3, 0.4) is 0 Å². The van der Waals surface area contributed by atoms with Crippen LogP contribution in [0.2, 0.25) is 0 Å². The number of hydrogen-bond acceptors (Lipinski definition) is 3. The molecule has 0 saturated carbocycles. The number of halogens is 3. The summed E-state index contributed by atoms with van der Waals surface area (Å²) < 4.78 is 2.75. The molecule has 5 nitrogen and oxygen atoms in total. The Bertz CT molecular complexity index is 1400. The van der Waals surface area contributed by atoms with Crippen molar-refractivity contribution in [2.45, 2.75) is 34.1 Å². The molecule has 188 valence electrons. The number of fused-ring (bicyclic) bond motifs is 1.